The molecule has 3 rings (SSSR count). The van der Waals surface area contributed by atoms with Gasteiger partial charge in [0.2, 0.25) is 0 Å². The zero-order chi connectivity index (χ0) is 11.1. The molecule has 2 aromatic rings. The quantitative estimate of drug-likeness (QED) is 0.633. The standard InChI is InChI=1S/C12H7BrClNO/c13-7-4-5-9-11(6-7)16-10-3-1-2-8(14)12(10)15-9/h1-6,15H. The van der Waals surface area contributed by atoms with Gasteiger partial charge >= 0.3 is 0 Å². The molecule has 0 aliphatic carbocycles. The van der Waals surface area contributed by atoms with Crippen molar-refractivity contribution in [2.75, 3.05) is 5.32 Å². The highest BCUT2D eigenvalue weighted by Gasteiger charge is 2.18. The lowest BCUT2D eigenvalue weighted by Gasteiger charge is -2.22. The van der Waals surface area contributed by atoms with Crippen LogP contribution in [0.4, 0.5) is 11.4 Å². The Labute approximate surface area is 106 Å². The third-order valence-corrected chi connectivity index (χ3v) is 3.21. The molecule has 0 saturated heterocycles. The molecule has 0 atom stereocenters. The number of hydrogen-bond acceptors (Lipinski definition) is 2. The van der Waals surface area contributed by atoms with Crippen LogP contribution in [0.1, 0.15) is 0 Å². The van der Waals surface area contributed by atoms with Crippen molar-refractivity contribution in [2.45, 2.75) is 0 Å². The summed E-state index contributed by atoms with van der Waals surface area (Å²) in [5, 5.41) is 3.92. The topological polar surface area (TPSA) is 21.3 Å². The number of anilines is 2. The molecule has 1 N–H and O–H groups in total. The smallest absolute Gasteiger partial charge is 0.152 e. The second-order valence-corrected chi connectivity index (χ2v) is 4.80. The van der Waals surface area contributed by atoms with Gasteiger partial charge in [-0.05, 0) is 30.3 Å². The van der Waals surface area contributed by atoms with Crippen LogP contribution >= 0.6 is 27.5 Å². The summed E-state index contributed by atoms with van der Waals surface area (Å²) >= 11 is 9.50. The second-order valence-electron chi connectivity index (χ2n) is 3.48. The Hall–Kier alpha value is -1.19. The molecular weight excluding hydrogens is 289 g/mol. The molecular formula is C12H7BrClNO. The Morgan fingerprint density at radius 2 is 2.00 bits per heavy atom. The SMILES string of the molecule is Clc1cccc2c1Nc1ccc(Br)cc1O2. The molecule has 0 fully saturated rings. The van der Waals surface area contributed by atoms with Gasteiger partial charge in [0.25, 0.3) is 0 Å². The monoisotopic (exact) mass is 295 g/mol. The molecule has 1 heterocycles. The van der Waals surface area contributed by atoms with Crippen LogP contribution in [0.5, 0.6) is 11.5 Å². The van der Waals surface area contributed by atoms with Gasteiger partial charge < -0.3 is 10.1 Å². The molecule has 0 saturated carbocycles. The van der Waals surface area contributed by atoms with Crippen molar-refractivity contribution in [3.63, 3.8) is 0 Å². The fraction of sp³-hybridized carbons (Fsp3) is 0. The molecule has 2 nitrogen and oxygen atoms in total. The van der Waals surface area contributed by atoms with Crippen molar-refractivity contribution in [2.24, 2.45) is 0 Å². The van der Waals surface area contributed by atoms with E-state index < -0.39 is 0 Å². The van der Waals surface area contributed by atoms with Crippen LogP contribution in [0.15, 0.2) is 40.9 Å². The van der Waals surface area contributed by atoms with Crippen LogP contribution in [0.2, 0.25) is 5.02 Å². The minimum Gasteiger partial charge on any atom is -0.453 e. The minimum atomic E-state index is 0.658. The predicted octanol–water partition coefficient (Wildman–Crippen LogP) is 4.95. The van der Waals surface area contributed by atoms with Gasteiger partial charge in [-0.2, -0.15) is 0 Å². The highest BCUT2D eigenvalue weighted by atomic mass is 79.9. The lowest BCUT2D eigenvalue weighted by atomic mass is 10.2. The molecule has 1 aliphatic rings. The third-order valence-electron chi connectivity index (χ3n) is 2.40. The first kappa shape index (κ1) is 10.00. The highest BCUT2D eigenvalue weighted by molar-refractivity contribution is 9.10. The van der Waals surface area contributed by atoms with E-state index in [1.54, 1.807) is 0 Å². The number of para-hydroxylation sites is 1. The van der Waals surface area contributed by atoms with Gasteiger partial charge in [0, 0.05) is 4.47 Å². The molecule has 80 valence electrons. The maximum Gasteiger partial charge on any atom is 0.152 e. The second kappa shape index (κ2) is 3.68. The Bertz CT molecular complexity index is 571. The summed E-state index contributed by atoms with van der Waals surface area (Å²) in [6.45, 7) is 0. The first-order valence-electron chi connectivity index (χ1n) is 4.77. The average Bonchev–Trinajstić information content (AvgIpc) is 2.27. The zero-order valence-corrected chi connectivity index (χ0v) is 10.5. The van der Waals surface area contributed by atoms with Gasteiger partial charge in [0.1, 0.15) is 5.69 Å². The summed E-state index contributed by atoms with van der Waals surface area (Å²) in [7, 11) is 0. The summed E-state index contributed by atoms with van der Waals surface area (Å²) in [4.78, 5) is 0. The van der Waals surface area contributed by atoms with Crippen LogP contribution in [-0.4, -0.2) is 0 Å². The maximum absolute atomic E-state index is 6.09. The molecule has 0 spiro atoms. The molecule has 4 heteroatoms. The van der Waals surface area contributed by atoms with Crippen molar-refractivity contribution >= 4 is 38.9 Å². The summed E-state index contributed by atoms with van der Waals surface area (Å²) in [6.07, 6.45) is 0. The van der Waals surface area contributed by atoms with Crippen molar-refractivity contribution in [1.29, 1.82) is 0 Å². The van der Waals surface area contributed by atoms with Crippen molar-refractivity contribution in [3.05, 3.63) is 45.9 Å². The van der Waals surface area contributed by atoms with Crippen molar-refractivity contribution in [3.8, 4) is 11.5 Å². The molecule has 16 heavy (non-hydrogen) atoms. The van der Waals surface area contributed by atoms with E-state index in [0.29, 0.717) is 5.02 Å². The molecule has 0 aromatic heterocycles. The number of hydrogen-bond donors (Lipinski definition) is 1. The van der Waals surface area contributed by atoms with Crippen LogP contribution in [-0.2, 0) is 0 Å². The molecule has 0 amide bonds. The zero-order valence-electron chi connectivity index (χ0n) is 8.13. The van der Waals surface area contributed by atoms with Crippen LogP contribution in [0, 0.1) is 0 Å². The first-order chi connectivity index (χ1) is 7.74. The molecule has 0 radical (unpaired) electrons. The van der Waals surface area contributed by atoms with E-state index in [1.165, 1.54) is 0 Å². The first-order valence-corrected chi connectivity index (χ1v) is 5.94. The van der Waals surface area contributed by atoms with Crippen molar-refractivity contribution in [1.82, 2.24) is 0 Å². The van der Waals surface area contributed by atoms with E-state index in [1.807, 2.05) is 36.4 Å². The van der Waals surface area contributed by atoms with Gasteiger partial charge in [0.05, 0.1) is 10.7 Å². The number of halogens is 2. The average molecular weight is 297 g/mol. The van der Waals surface area contributed by atoms with Crippen molar-refractivity contribution < 1.29 is 4.74 Å². The fourth-order valence-corrected chi connectivity index (χ4v) is 2.20. The minimum absolute atomic E-state index is 0.658. The summed E-state index contributed by atoms with van der Waals surface area (Å²) in [5.74, 6) is 1.54. The van der Waals surface area contributed by atoms with Gasteiger partial charge in [-0.25, -0.2) is 0 Å². The number of fused-ring (bicyclic) bond motifs is 2. The summed E-state index contributed by atoms with van der Waals surface area (Å²) < 4.78 is 6.75. The normalized spacial score (nSPS) is 12.1. The molecule has 0 unspecified atom stereocenters. The maximum atomic E-state index is 6.09. The number of ether oxygens (including phenoxy) is 1. The van der Waals surface area contributed by atoms with Crippen LogP contribution in [0.25, 0.3) is 0 Å². The Balaban J connectivity index is 2.13. The molecule has 0 bridgehead atoms. The van der Waals surface area contributed by atoms with Crippen LogP contribution < -0.4 is 10.1 Å². The predicted molar refractivity (Wildman–Crippen MR) is 69.0 cm³/mol. The Kier molecular flexibility index (Phi) is 2.30. The van der Waals surface area contributed by atoms with E-state index in [0.717, 1.165) is 27.3 Å². The van der Waals surface area contributed by atoms with E-state index in [9.17, 15) is 0 Å². The fourth-order valence-electron chi connectivity index (χ4n) is 1.65. The van der Waals surface area contributed by atoms with E-state index >= 15 is 0 Å². The highest BCUT2D eigenvalue weighted by Crippen LogP contribution is 2.45. The summed E-state index contributed by atoms with van der Waals surface area (Å²) in [5.41, 5.74) is 1.74. The van der Waals surface area contributed by atoms with Gasteiger partial charge in [0.15, 0.2) is 11.5 Å². The molecule has 1 aliphatic heterocycles. The van der Waals surface area contributed by atoms with Gasteiger partial charge in [-0.1, -0.05) is 33.6 Å². The van der Waals surface area contributed by atoms with Crippen LogP contribution in [0.3, 0.4) is 0 Å². The lowest BCUT2D eigenvalue weighted by Crippen LogP contribution is -2.02. The number of nitrogens with one attached hydrogen (secondary N) is 1. The number of benzene rings is 2. The van der Waals surface area contributed by atoms with E-state index in [4.69, 9.17) is 16.3 Å². The lowest BCUT2D eigenvalue weighted by molar-refractivity contribution is 0.481. The number of rotatable bonds is 0. The Morgan fingerprint density at radius 3 is 2.88 bits per heavy atom. The molecule has 2 aromatic carbocycles. The van der Waals surface area contributed by atoms with E-state index in [-0.39, 0.29) is 0 Å². The largest absolute Gasteiger partial charge is 0.453 e. The summed E-state index contributed by atoms with van der Waals surface area (Å²) in [6, 6.07) is 11.4. The third kappa shape index (κ3) is 1.56. The van der Waals surface area contributed by atoms with Gasteiger partial charge in [-0.3, -0.25) is 0 Å². The van der Waals surface area contributed by atoms with E-state index in [2.05, 4.69) is 21.2 Å². The van der Waals surface area contributed by atoms with Gasteiger partial charge in [-0.15, -0.1) is 0 Å². The Morgan fingerprint density at radius 1 is 1.12 bits per heavy atom.